The quantitative estimate of drug-likeness (QED) is 0.459. The highest BCUT2D eigenvalue weighted by molar-refractivity contribution is 7.85. The van der Waals surface area contributed by atoms with Gasteiger partial charge in [0, 0.05) is 0 Å². The molecule has 1 aromatic carbocycles. The van der Waals surface area contributed by atoms with Gasteiger partial charge >= 0.3 is 5.97 Å². The highest BCUT2D eigenvalue weighted by Gasteiger charge is 2.11. The van der Waals surface area contributed by atoms with E-state index in [-0.39, 0.29) is 30.1 Å². The van der Waals surface area contributed by atoms with Gasteiger partial charge in [0.2, 0.25) is 0 Å². The first kappa shape index (κ1) is 14.5. The molecule has 0 atom stereocenters. The lowest BCUT2D eigenvalue weighted by molar-refractivity contribution is 0.0496. The molecule has 0 unspecified atom stereocenters. The highest BCUT2D eigenvalue weighted by atomic mass is 32.2. The molecule has 0 radical (unpaired) electrons. The number of aromatic hydroxyl groups is 1. The summed E-state index contributed by atoms with van der Waals surface area (Å²) in [5, 5.41) is 9.38. The van der Waals surface area contributed by atoms with Crippen LogP contribution >= 0.6 is 0 Å². The van der Waals surface area contributed by atoms with E-state index in [4.69, 9.17) is 9.29 Å². The molecule has 2 N–H and O–H groups in total. The molecular weight excluding hydrogens is 260 g/mol. The molecule has 0 spiro atoms. The number of ether oxygens (including phenoxy) is 1. The van der Waals surface area contributed by atoms with Crippen LogP contribution in [0.2, 0.25) is 0 Å². The van der Waals surface area contributed by atoms with Crippen molar-refractivity contribution in [1.29, 1.82) is 0 Å². The molecule has 0 bridgehead atoms. The summed E-state index contributed by atoms with van der Waals surface area (Å²) in [7, 11) is -3.96. The maximum Gasteiger partial charge on any atom is 0.341 e. The maximum absolute atomic E-state index is 11.5. The highest BCUT2D eigenvalue weighted by Crippen LogP contribution is 2.16. The SMILES string of the molecule is O=C(OCCCCS(=O)(=O)O)c1ccccc1O. The van der Waals surface area contributed by atoms with Crippen LogP contribution in [0.25, 0.3) is 0 Å². The van der Waals surface area contributed by atoms with Crippen LogP contribution in [0.3, 0.4) is 0 Å². The molecule has 0 aliphatic carbocycles. The van der Waals surface area contributed by atoms with E-state index in [0.29, 0.717) is 6.42 Å². The number of benzene rings is 1. The van der Waals surface area contributed by atoms with E-state index in [1.54, 1.807) is 12.1 Å². The Kier molecular flexibility index (Phi) is 5.11. The first-order valence-electron chi connectivity index (χ1n) is 5.30. The number of carbonyl (C=O) groups is 1. The lowest BCUT2D eigenvalue weighted by Crippen LogP contribution is -2.09. The smallest absolute Gasteiger partial charge is 0.341 e. The number of esters is 1. The van der Waals surface area contributed by atoms with Gasteiger partial charge in [-0.15, -0.1) is 0 Å². The number of rotatable bonds is 6. The minimum Gasteiger partial charge on any atom is -0.507 e. The van der Waals surface area contributed by atoms with Gasteiger partial charge in [0.15, 0.2) is 0 Å². The lowest BCUT2D eigenvalue weighted by Gasteiger charge is -2.05. The van der Waals surface area contributed by atoms with E-state index in [2.05, 4.69) is 0 Å². The predicted molar refractivity (Wildman–Crippen MR) is 64.0 cm³/mol. The second kappa shape index (κ2) is 6.36. The van der Waals surface area contributed by atoms with Gasteiger partial charge in [-0.1, -0.05) is 12.1 Å². The van der Waals surface area contributed by atoms with Crippen molar-refractivity contribution in [2.45, 2.75) is 12.8 Å². The Balaban J connectivity index is 2.33. The third-order valence-corrected chi connectivity index (χ3v) is 2.96. The summed E-state index contributed by atoms with van der Waals surface area (Å²) in [5.74, 6) is -1.19. The largest absolute Gasteiger partial charge is 0.507 e. The van der Waals surface area contributed by atoms with Crippen LogP contribution in [0.4, 0.5) is 0 Å². The van der Waals surface area contributed by atoms with Gasteiger partial charge in [0.05, 0.1) is 12.4 Å². The van der Waals surface area contributed by atoms with Crippen molar-refractivity contribution < 1.29 is 27.6 Å². The van der Waals surface area contributed by atoms with Crippen LogP contribution in [0, 0.1) is 0 Å². The Bertz CT molecular complexity index is 508. The average Bonchev–Trinajstić information content (AvgIpc) is 2.27. The van der Waals surface area contributed by atoms with Gasteiger partial charge in [0.1, 0.15) is 11.3 Å². The summed E-state index contributed by atoms with van der Waals surface area (Å²) in [4.78, 5) is 11.5. The van der Waals surface area contributed by atoms with Gasteiger partial charge in [-0.2, -0.15) is 8.42 Å². The third-order valence-electron chi connectivity index (χ3n) is 2.15. The number of unbranched alkanes of at least 4 members (excludes halogenated alkanes) is 1. The Hall–Kier alpha value is -1.60. The molecule has 0 aromatic heterocycles. The minimum absolute atomic E-state index is 0.0304. The summed E-state index contributed by atoms with van der Waals surface area (Å²) in [6.07, 6.45) is 0.520. The molecular formula is C11H14O6S. The second-order valence-electron chi connectivity index (χ2n) is 3.65. The van der Waals surface area contributed by atoms with E-state index >= 15 is 0 Å². The van der Waals surface area contributed by atoms with Crippen LogP contribution in [-0.2, 0) is 14.9 Å². The van der Waals surface area contributed by atoms with Gasteiger partial charge in [-0.3, -0.25) is 4.55 Å². The predicted octanol–water partition coefficient (Wildman–Crippen LogP) is 1.22. The van der Waals surface area contributed by atoms with Crippen LogP contribution < -0.4 is 0 Å². The molecule has 0 aliphatic heterocycles. The number of hydrogen-bond acceptors (Lipinski definition) is 5. The van der Waals surface area contributed by atoms with Crippen molar-refractivity contribution in [3.05, 3.63) is 29.8 Å². The Morgan fingerprint density at radius 1 is 1.22 bits per heavy atom. The fourth-order valence-corrected chi connectivity index (χ4v) is 1.84. The summed E-state index contributed by atoms with van der Waals surface area (Å²) in [6.45, 7) is 0.0304. The van der Waals surface area contributed by atoms with Crippen molar-refractivity contribution in [3.63, 3.8) is 0 Å². The van der Waals surface area contributed by atoms with Crippen molar-refractivity contribution in [1.82, 2.24) is 0 Å². The fraction of sp³-hybridized carbons (Fsp3) is 0.364. The van der Waals surface area contributed by atoms with E-state index in [0.717, 1.165) is 0 Å². The van der Waals surface area contributed by atoms with Crippen molar-refractivity contribution in [2.24, 2.45) is 0 Å². The molecule has 1 aromatic rings. The molecule has 1 rings (SSSR count). The van der Waals surface area contributed by atoms with Crippen molar-refractivity contribution in [3.8, 4) is 5.75 Å². The second-order valence-corrected chi connectivity index (χ2v) is 5.22. The zero-order chi connectivity index (χ0) is 13.6. The third kappa shape index (κ3) is 5.15. The molecule has 6 nitrogen and oxygen atoms in total. The number of phenolic OH excluding ortho intramolecular Hbond substituents is 1. The molecule has 0 saturated carbocycles. The van der Waals surface area contributed by atoms with E-state index in [1.165, 1.54) is 12.1 Å². The van der Waals surface area contributed by atoms with Gasteiger partial charge in [-0.25, -0.2) is 4.79 Å². The molecule has 7 heteroatoms. The number of para-hydroxylation sites is 1. The molecule has 0 amide bonds. The summed E-state index contributed by atoms with van der Waals surface area (Å²) in [5.41, 5.74) is 0.0623. The number of hydrogen-bond donors (Lipinski definition) is 2. The average molecular weight is 274 g/mol. The molecule has 18 heavy (non-hydrogen) atoms. The summed E-state index contributed by atoms with van der Waals surface area (Å²) >= 11 is 0. The zero-order valence-corrected chi connectivity index (χ0v) is 10.4. The Morgan fingerprint density at radius 2 is 1.89 bits per heavy atom. The molecule has 0 saturated heterocycles. The minimum atomic E-state index is -3.96. The molecule has 0 heterocycles. The van der Waals surface area contributed by atoms with Gasteiger partial charge < -0.3 is 9.84 Å². The monoisotopic (exact) mass is 274 g/mol. The van der Waals surface area contributed by atoms with Crippen molar-refractivity contribution in [2.75, 3.05) is 12.4 Å². The molecule has 100 valence electrons. The topological polar surface area (TPSA) is 101 Å². The van der Waals surface area contributed by atoms with E-state index in [9.17, 15) is 18.3 Å². The van der Waals surface area contributed by atoms with Crippen LogP contribution in [0.1, 0.15) is 23.2 Å². The zero-order valence-electron chi connectivity index (χ0n) is 9.57. The maximum atomic E-state index is 11.5. The number of carbonyl (C=O) groups excluding carboxylic acids is 1. The first-order valence-corrected chi connectivity index (χ1v) is 6.91. The van der Waals surface area contributed by atoms with Crippen LogP contribution in [0.5, 0.6) is 5.75 Å². The lowest BCUT2D eigenvalue weighted by atomic mass is 10.2. The Labute approximate surface area is 105 Å². The van der Waals surface area contributed by atoms with Crippen LogP contribution in [0.15, 0.2) is 24.3 Å². The molecule has 0 aliphatic rings. The van der Waals surface area contributed by atoms with Gasteiger partial charge in [-0.05, 0) is 25.0 Å². The standard InChI is InChI=1S/C11H14O6S/c12-10-6-2-1-5-9(10)11(13)17-7-3-4-8-18(14,15)16/h1-2,5-6,12H,3-4,7-8H2,(H,14,15,16). The normalized spacial score (nSPS) is 11.2. The summed E-state index contributed by atoms with van der Waals surface area (Å²) in [6, 6.07) is 5.97. The summed E-state index contributed by atoms with van der Waals surface area (Å²) < 4.78 is 34.1. The molecule has 0 fully saturated rings. The fourth-order valence-electron chi connectivity index (χ4n) is 1.28. The van der Waals surface area contributed by atoms with E-state index in [1.807, 2.05) is 0 Å². The van der Waals surface area contributed by atoms with Crippen molar-refractivity contribution >= 4 is 16.1 Å². The van der Waals surface area contributed by atoms with Gasteiger partial charge in [0.25, 0.3) is 10.1 Å². The first-order chi connectivity index (χ1) is 8.40. The van der Waals surface area contributed by atoms with Crippen LogP contribution in [-0.4, -0.2) is 36.4 Å². The van der Waals surface area contributed by atoms with E-state index < -0.39 is 16.1 Å². The Morgan fingerprint density at radius 3 is 2.50 bits per heavy atom. The number of phenols is 1.